The molecule has 1 atom stereocenters. The SMILES string of the molecule is CCCCNC(O)N1CC(CC#N)(n2cc(C(N)=O)c(Nc3ccc(S(C)(=O)=O)cc3)n2)C1. The van der Waals surface area contributed by atoms with Gasteiger partial charge in [-0.3, -0.25) is 19.7 Å². The van der Waals surface area contributed by atoms with E-state index in [1.807, 2.05) is 0 Å². The number of benzene rings is 1. The largest absolute Gasteiger partial charge is 0.365 e. The van der Waals surface area contributed by atoms with Gasteiger partial charge in [0.2, 0.25) is 0 Å². The van der Waals surface area contributed by atoms with Crippen molar-refractivity contribution in [2.24, 2.45) is 5.73 Å². The third-order valence-corrected chi connectivity index (χ3v) is 6.75. The van der Waals surface area contributed by atoms with E-state index in [1.54, 1.807) is 21.7 Å². The monoisotopic (exact) mass is 475 g/mol. The maximum Gasteiger partial charge on any atom is 0.254 e. The molecule has 33 heavy (non-hydrogen) atoms. The Labute approximate surface area is 193 Å². The fraction of sp³-hybridized carbons (Fsp3) is 0.476. The average molecular weight is 476 g/mol. The molecule has 0 saturated carbocycles. The number of nitrogens with two attached hydrogens (primary N) is 1. The first kappa shape index (κ1) is 24.7. The van der Waals surface area contributed by atoms with Crippen LogP contribution in [0.5, 0.6) is 0 Å². The van der Waals surface area contributed by atoms with Gasteiger partial charge in [-0.25, -0.2) is 8.42 Å². The van der Waals surface area contributed by atoms with E-state index < -0.39 is 27.6 Å². The number of hydrogen-bond acceptors (Lipinski definition) is 9. The van der Waals surface area contributed by atoms with Crippen molar-refractivity contribution in [1.29, 1.82) is 5.26 Å². The van der Waals surface area contributed by atoms with Crippen LogP contribution in [-0.2, 0) is 15.4 Å². The smallest absolute Gasteiger partial charge is 0.254 e. The molecule has 12 heteroatoms. The van der Waals surface area contributed by atoms with Crippen LogP contribution in [0.25, 0.3) is 0 Å². The van der Waals surface area contributed by atoms with Crippen molar-refractivity contribution >= 4 is 27.2 Å². The molecule has 0 bridgehead atoms. The van der Waals surface area contributed by atoms with Crippen LogP contribution in [0.1, 0.15) is 36.5 Å². The maximum absolute atomic E-state index is 12.0. The van der Waals surface area contributed by atoms with E-state index in [-0.39, 0.29) is 22.7 Å². The molecule has 2 aromatic rings. The fourth-order valence-corrected chi connectivity index (χ4v) is 4.35. The van der Waals surface area contributed by atoms with E-state index in [0.29, 0.717) is 25.3 Å². The molecule has 1 aliphatic rings. The fourth-order valence-electron chi connectivity index (χ4n) is 3.72. The molecule has 1 aromatic carbocycles. The van der Waals surface area contributed by atoms with Crippen molar-refractivity contribution in [2.45, 2.75) is 43.0 Å². The van der Waals surface area contributed by atoms with Gasteiger partial charge in [0.15, 0.2) is 22.0 Å². The number of aromatic nitrogens is 2. The van der Waals surface area contributed by atoms with Crippen LogP contribution in [0.3, 0.4) is 0 Å². The number of aliphatic hydroxyl groups excluding tert-OH is 1. The maximum atomic E-state index is 12.0. The highest BCUT2D eigenvalue weighted by Crippen LogP contribution is 2.34. The number of likely N-dealkylation sites (tertiary alicyclic amines) is 1. The van der Waals surface area contributed by atoms with Crippen molar-refractivity contribution in [3.05, 3.63) is 36.0 Å². The summed E-state index contributed by atoms with van der Waals surface area (Å²) in [5.41, 5.74) is 5.49. The molecular formula is C21H29N7O4S. The number of nitrogens with zero attached hydrogens (tertiary/aromatic N) is 4. The van der Waals surface area contributed by atoms with Crippen molar-refractivity contribution in [2.75, 3.05) is 31.2 Å². The Morgan fingerprint density at radius 2 is 2.03 bits per heavy atom. The Bertz CT molecular complexity index is 1130. The Balaban J connectivity index is 1.81. The number of carbonyl (C=O) groups is 1. The van der Waals surface area contributed by atoms with Gasteiger partial charge in [-0.05, 0) is 37.2 Å². The third-order valence-electron chi connectivity index (χ3n) is 5.62. The lowest BCUT2D eigenvalue weighted by Gasteiger charge is -2.50. The Morgan fingerprint density at radius 1 is 1.36 bits per heavy atom. The van der Waals surface area contributed by atoms with Gasteiger partial charge >= 0.3 is 0 Å². The molecule has 3 rings (SSSR count). The van der Waals surface area contributed by atoms with Crippen LogP contribution in [0.15, 0.2) is 35.4 Å². The van der Waals surface area contributed by atoms with Crippen LogP contribution >= 0.6 is 0 Å². The number of unbranched alkanes of at least 4 members (excludes halogenated alkanes) is 1. The van der Waals surface area contributed by atoms with E-state index in [4.69, 9.17) is 5.73 Å². The van der Waals surface area contributed by atoms with E-state index in [1.165, 1.54) is 18.3 Å². The molecule has 2 heterocycles. The van der Waals surface area contributed by atoms with E-state index in [9.17, 15) is 23.6 Å². The number of amides is 1. The molecular weight excluding hydrogens is 446 g/mol. The quantitative estimate of drug-likeness (QED) is 0.270. The number of rotatable bonds is 11. The number of aliphatic hydroxyl groups is 1. The molecule has 0 spiro atoms. The standard InChI is InChI=1S/C21H29N7O4S/c1-3-4-11-24-20(30)27-13-21(14-27,9-10-22)28-12-17(18(23)29)19(26-28)25-15-5-7-16(8-6-15)33(2,31)32/h5-8,12,20,24,30H,3-4,9,11,13-14H2,1-2H3,(H2,23,29)(H,25,26). The highest BCUT2D eigenvalue weighted by Gasteiger charge is 2.48. The second-order valence-corrected chi connectivity index (χ2v) is 10.3. The van der Waals surface area contributed by atoms with Gasteiger partial charge < -0.3 is 16.2 Å². The molecule has 11 nitrogen and oxygen atoms in total. The van der Waals surface area contributed by atoms with Crippen LogP contribution < -0.4 is 16.4 Å². The van der Waals surface area contributed by atoms with E-state index in [2.05, 4.69) is 28.7 Å². The normalized spacial score (nSPS) is 16.5. The lowest BCUT2D eigenvalue weighted by molar-refractivity contribution is -0.120. The average Bonchev–Trinajstić information content (AvgIpc) is 3.14. The predicted molar refractivity (Wildman–Crippen MR) is 122 cm³/mol. The summed E-state index contributed by atoms with van der Waals surface area (Å²) in [4.78, 5) is 14.0. The predicted octanol–water partition coefficient (Wildman–Crippen LogP) is 0.719. The number of anilines is 2. The number of sulfone groups is 1. The molecule has 1 saturated heterocycles. The van der Waals surface area contributed by atoms with Gasteiger partial charge in [0, 0.05) is 31.2 Å². The Hall–Kier alpha value is -2.98. The summed E-state index contributed by atoms with van der Waals surface area (Å²) in [5, 5.41) is 30.3. The van der Waals surface area contributed by atoms with Gasteiger partial charge in [0.1, 0.15) is 11.1 Å². The molecule has 0 radical (unpaired) electrons. The zero-order valence-corrected chi connectivity index (χ0v) is 19.5. The topological polar surface area (TPSA) is 166 Å². The van der Waals surface area contributed by atoms with Crippen molar-refractivity contribution in [1.82, 2.24) is 20.0 Å². The lowest BCUT2D eigenvalue weighted by Crippen LogP contribution is -2.67. The summed E-state index contributed by atoms with van der Waals surface area (Å²) in [5.74, 6) is -0.493. The van der Waals surface area contributed by atoms with E-state index >= 15 is 0 Å². The Morgan fingerprint density at radius 3 is 2.58 bits per heavy atom. The zero-order valence-electron chi connectivity index (χ0n) is 18.7. The molecule has 178 valence electrons. The number of nitrogens with one attached hydrogen (secondary N) is 2. The van der Waals surface area contributed by atoms with Gasteiger partial charge in [0.25, 0.3) is 5.91 Å². The lowest BCUT2D eigenvalue weighted by atomic mass is 9.87. The summed E-state index contributed by atoms with van der Waals surface area (Å²) in [6, 6.07) is 8.20. The first-order valence-corrected chi connectivity index (χ1v) is 12.5. The zero-order chi connectivity index (χ0) is 24.2. The summed E-state index contributed by atoms with van der Waals surface area (Å²) >= 11 is 0. The van der Waals surface area contributed by atoms with Crippen LogP contribution in [0.4, 0.5) is 11.5 Å². The molecule has 5 N–H and O–H groups in total. The minimum atomic E-state index is -3.33. The first-order chi connectivity index (χ1) is 15.6. The molecule has 0 aliphatic carbocycles. The summed E-state index contributed by atoms with van der Waals surface area (Å²) in [7, 11) is -3.33. The van der Waals surface area contributed by atoms with Gasteiger partial charge in [0.05, 0.1) is 17.4 Å². The van der Waals surface area contributed by atoms with Gasteiger partial charge in [-0.2, -0.15) is 10.4 Å². The first-order valence-electron chi connectivity index (χ1n) is 10.6. The molecule has 1 unspecified atom stereocenters. The summed E-state index contributed by atoms with van der Waals surface area (Å²) in [6.45, 7) is 3.47. The minimum absolute atomic E-state index is 0.132. The van der Waals surface area contributed by atoms with Crippen molar-refractivity contribution < 1.29 is 18.3 Å². The molecule has 1 fully saturated rings. The molecule has 1 aliphatic heterocycles. The second-order valence-electron chi connectivity index (χ2n) is 8.27. The summed E-state index contributed by atoms with van der Waals surface area (Å²) in [6.07, 6.45) is 3.87. The molecule has 1 aromatic heterocycles. The third kappa shape index (κ3) is 5.51. The van der Waals surface area contributed by atoms with Crippen LogP contribution in [-0.4, -0.2) is 66.4 Å². The van der Waals surface area contributed by atoms with E-state index in [0.717, 1.165) is 19.1 Å². The highest BCUT2D eigenvalue weighted by molar-refractivity contribution is 7.90. The van der Waals surface area contributed by atoms with Crippen molar-refractivity contribution in [3.8, 4) is 6.07 Å². The number of hydrogen-bond donors (Lipinski definition) is 4. The summed E-state index contributed by atoms with van der Waals surface area (Å²) < 4.78 is 24.9. The second kappa shape index (κ2) is 9.88. The Kier molecular flexibility index (Phi) is 7.38. The van der Waals surface area contributed by atoms with Gasteiger partial charge in [-0.1, -0.05) is 13.3 Å². The van der Waals surface area contributed by atoms with Crippen LogP contribution in [0.2, 0.25) is 0 Å². The number of carbonyl (C=O) groups excluding carboxylic acids is 1. The van der Waals surface area contributed by atoms with Gasteiger partial charge in [-0.15, -0.1) is 0 Å². The molecule has 1 amide bonds. The van der Waals surface area contributed by atoms with Crippen molar-refractivity contribution in [3.63, 3.8) is 0 Å². The minimum Gasteiger partial charge on any atom is -0.365 e. The van der Waals surface area contributed by atoms with Crippen LogP contribution in [0, 0.1) is 11.3 Å². The highest BCUT2D eigenvalue weighted by atomic mass is 32.2. The number of primary amides is 1. The number of nitriles is 1.